The van der Waals surface area contributed by atoms with E-state index in [0.29, 0.717) is 28.5 Å². The number of esters is 1. The van der Waals surface area contributed by atoms with Gasteiger partial charge in [-0.1, -0.05) is 0 Å². The molecule has 0 spiro atoms. The van der Waals surface area contributed by atoms with Gasteiger partial charge in [0, 0.05) is 0 Å². The van der Waals surface area contributed by atoms with Crippen LogP contribution in [0.15, 0.2) is 35.7 Å². The maximum absolute atomic E-state index is 11.8. The van der Waals surface area contributed by atoms with Gasteiger partial charge >= 0.3 is 5.97 Å². The quantitative estimate of drug-likeness (QED) is 0.823. The van der Waals surface area contributed by atoms with Crippen LogP contribution in [0.5, 0.6) is 5.75 Å². The molecule has 0 unspecified atom stereocenters. The molecule has 1 N–H and O–H groups in total. The molecule has 1 aromatic heterocycles. The fraction of sp³-hybridized carbons (Fsp3) is 0.188. The highest BCUT2D eigenvalue weighted by molar-refractivity contribution is 7.14. The number of anilines is 1. The summed E-state index contributed by atoms with van der Waals surface area (Å²) < 4.78 is 10.2. The zero-order valence-electron chi connectivity index (χ0n) is 12.4. The summed E-state index contributed by atoms with van der Waals surface area (Å²) in [6, 6.07) is 9.94. The maximum atomic E-state index is 11.8. The van der Waals surface area contributed by atoms with Crippen LogP contribution in [0, 0.1) is 11.3 Å². The van der Waals surface area contributed by atoms with E-state index in [1.165, 1.54) is 11.3 Å². The number of benzene rings is 1. The fourth-order valence-electron chi connectivity index (χ4n) is 1.71. The topological polar surface area (TPSA) is 88.4 Å². The van der Waals surface area contributed by atoms with Gasteiger partial charge in [0.2, 0.25) is 0 Å². The molecule has 0 bridgehead atoms. The summed E-state index contributed by atoms with van der Waals surface area (Å²) in [6.07, 6.45) is 0. The predicted molar refractivity (Wildman–Crippen MR) is 85.6 cm³/mol. The normalized spacial score (nSPS) is 9.74. The van der Waals surface area contributed by atoms with Crippen molar-refractivity contribution in [3.05, 3.63) is 46.8 Å². The number of carbonyl (C=O) groups excluding carboxylic acids is 2. The first-order valence-electron chi connectivity index (χ1n) is 6.81. The Hall–Kier alpha value is -2.85. The van der Waals surface area contributed by atoms with Crippen molar-refractivity contribution in [2.45, 2.75) is 6.92 Å². The molecule has 23 heavy (non-hydrogen) atoms. The molecule has 0 radical (unpaired) electrons. The second kappa shape index (κ2) is 7.96. The van der Waals surface area contributed by atoms with Crippen molar-refractivity contribution in [2.75, 3.05) is 18.5 Å². The van der Waals surface area contributed by atoms with Gasteiger partial charge in [0.15, 0.2) is 6.61 Å². The van der Waals surface area contributed by atoms with Crippen molar-refractivity contribution >= 4 is 28.2 Å². The Kier molecular flexibility index (Phi) is 5.72. The highest BCUT2D eigenvalue weighted by Gasteiger charge is 2.10. The van der Waals surface area contributed by atoms with Crippen LogP contribution in [-0.4, -0.2) is 25.1 Å². The largest absolute Gasteiger partial charge is 0.484 e. The third-order valence-corrected chi connectivity index (χ3v) is 3.60. The molecule has 118 valence electrons. The Balaban J connectivity index is 1.87. The summed E-state index contributed by atoms with van der Waals surface area (Å²) in [4.78, 5) is 23.3. The minimum atomic E-state index is -0.404. The summed E-state index contributed by atoms with van der Waals surface area (Å²) in [5, 5.41) is 13.7. The van der Waals surface area contributed by atoms with Gasteiger partial charge in [-0.2, -0.15) is 5.26 Å². The third-order valence-electron chi connectivity index (χ3n) is 2.77. The molecule has 0 aliphatic carbocycles. The molecule has 0 fully saturated rings. The number of ether oxygens (including phenoxy) is 2. The lowest BCUT2D eigenvalue weighted by atomic mass is 10.2. The number of amides is 1. The average Bonchev–Trinajstić information content (AvgIpc) is 3.00. The van der Waals surface area contributed by atoms with E-state index in [0.717, 1.165) is 0 Å². The zero-order valence-corrected chi connectivity index (χ0v) is 13.2. The van der Waals surface area contributed by atoms with E-state index in [1.54, 1.807) is 42.6 Å². The molecule has 7 heteroatoms. The predicted octanol–water partition coefficient (Wildman–Crippen LogP) is 2.81. The molecular weight excluding hydrogens is 316 g/mol. The second-order valence-electron chi connectivity index (χ2n) is 4.36. The van der Waals surface area contributed by atoms with Gasteiger partial charge in [0.05, 0.1) is 17.7 Å². The molecule has 1 amide bonds. The van der Waals surface area contributed by atoms with Gasteiger partial charge in [0.1, 0.15) is 16.8 Å². The van der Waals surface area contributed by atoms with E-state index in [2.05, 4.69) is 5.32 Å². The number of carbonyl (C=O) groups is 2. The molecule has 0 aliphatic heterocycles. The van der Waals surface area contributed by atoms with Crippen molar-refractivity contribution in [1.82, 2.24) is 0 Å². The molecule has 1 heterocycles. The van der Waals surface area contributed by atoms with Gasteiger partial charge in [-0.05, 0) is 42.6 Å². The Labute approximate surface area is 137 Å². The lowest BCUT2D eigenvalue weighted by molar-refractivity contribution is -0.118. The highest BCUT2D eigenvalue weighted by atomic mass is 32.1. The zero-order chi connectivity index (χ0) is 16.7. The van der Waals surface area contributed by atoms with Gasteiger partial charge in [0.25, 0.3) is 5.91 Å². The lowest BCUT2D eigenvalue weighted by Crippen LogP contribution is -2.20. The van der Waals surface area contributed by atoms with E-state index in [-0.39, 0.29) is 12.5 Å². The summed E-state index contributed by atoms with van der Waals surface area (Å²) in [5.41, 5.74) is 0.836. The van der Waals surface area contributed by atoms with E-state index in [4.69, 9.17) is 14.7 Å². The standard InChI is InChI=1S/C16H14N2O4S/c1-2-21-16(20)11-3-5-13(6-4-11)22-10-14(19)18-15-12(9-17)7-8-23-15/h3-8H,2,10H2,1H3,(H,18,19). The number of thiophene rings is 1. The Bertz CT molecular complexity index is 731. The average molecular weight is 330 g/mol. The van der Waals surface area contributed by atoms with Crippen LogP contribution >= 0.6 is 11.3 Å². The smallest absolute Gasteiger partial charge is 0.338 e. The first-order chi connectivity index (χ1) is 11.1. The van der Waals surface area contributed by atoms with Gasteiger partial charge in [-0.3, -0.25) is 4.79 Å². The molecule has 0 saturated carbocycles. The number of nitrogens with one attached hydrogen (secondary N) is 1. The lowest BCUT2D eigenvalue weighted by Gasteiger charge is -2.07. The van der Waals surface area contributed by atoms with Crippen molar-refractivity contribution in [2.24, 2.45) is 0 Å². The van der Waals surface area contributed by atoms with Crippen LogP contribution in [0.3, 0.4) is 0 Å². The number of rotatable bonds is 6. The first kappa shape index (κ1) is 16.5. The monoisotopic (exact) mass is 330 g/mol. The first-order valence-corrected chi connectivity index (χ1v) is 7.69. The van der Waals surface area contributed by atoms with Crippen LogP contribution in [0.2, 0.25) is 0 Å². The minimum Gasteiger partial charge on any atom is -0.484 e. The molecular formula is C16H14N2O4S. The number of nitriles is 1. The second-order valence-corrected chi connectivity index (χ2v) is 5.27. The summed E-state index contributed by atoms with van der Waals surface area (Å²) in [5.74, 6) is -0.308. The maximum Gasteiger partial charge on any atom is 0.338 e. The van der Waals surface area contributed by atoms with Gasteiger partial charge in [-0.15, -0.1) is 11.3 Å². The Morgan fingerprint density at radius 2 is 2.00 bits per heavy atom. The Morgan fingerprint density at radius 3 is 2.65 bits per heavy atom. The summed E-state index contributed by atoms with van der Waals surface area (Å²) >= 11 is 1.27. The van der Waals surface area contributed by atoms with Crippen LogP contribution in [-0.2, 0) is 9.53 Å². The molecule has 2 rings (SSSR count). The number of hydrogen-bond donors (Lipinski definition) is 1. The molecule has 0 aliphatic rings. The van der Waals surface area contributed by atoms with Crippen LogP contribution in [0.25, 0.3) is 0 Å². The summed E-state index contributed by atoms with van der Waals surface area (Å²) in [6.45, 7) is 1.85. The van der Waals surface area contributed by atoms with Crippen LogP contribution < -0.4 is 10.1 Å². The van der Waals surface area contributed by atoms with Crippen molar-refractivity contribution in [1.29, 1.82) is 5.26 Å². The molecule has 1 aromatic carbocycles. The fourth-order valence-corrected chi connectivity index (χ4v) is 2.46. The third kappa shape index (κ3) is 4.56. The molecule has 2 aromatic rings. The van der Waals surface area contributed by atoms with E-state index in [1.807, 2.05) is 6.07 Å². The summed E-state index contributed by atoms with van der Waals surface area (Å²) in [7, 11) is 0. The van der Waals surface area contributed by atoms with Crippen molar-refractivity contribution in [3.8, 4) is 11.8 Å². The van der Waals surface area contributed by atoms with E-state index >= 15 is 0 Å². The molecule has 6 nitrogen and oxygen atoms in total. The van der Waals surface area contributed by atoms with Crippen LogP contribution in [0.4, 0.5) is 5.00 Å². The van der Waals surface area contributed by atoms with Gasteiger partial charge < -0.3 is 14.8 Å². The number of hydrogen-bond acceptors (Lipinski definition) is 6. The Morgan fingerprint density at radius 1 is 1.26 bits per heavy atom. The van der Waals surface area contributed by atoms with Crippen molar-refractivity contribution < 1.29 is 19.1 Å². The van der Waals surface area contributed by atoms with Crippen LogP contribution in [0.1, 0.15) is 22.8 Å². The molecule has 0 atom stereocenters. The molecule has 0 saturated heterocycles. The van der Waals surface area contributed by atoms with Crippen molar-refractivity contribution in [3.63, 3.8) is 0 Å². The van der Waals surface area contributed by atoms with E-state index < -0.39 is 5.97 Å². The van der Waals surface area contributed by atoms with Gasteiger partial charge in [-0.25, -0.2) is 4.79 Å². The SMILES string of the molecule is CCOC(=O)c1ccc(OCC(=O)Nc2sccc2C#N)cc1. The number of nitrogens with zero attached hydrogens (tertiary/aromatic N) is 1. The van der Waals surface area contributed by atoms with E-state index in [9.17, 15) is 9.59 Å². The minimum absolute atomic E-state index is 0.193. The highest BCUT2D eigenvalue weighted by Crippen LogP contribution is 2.22.